The van der Waals surface area contributed by atoms with E-state index in [4.69, 9.17) is 6.57 Å². The number of ketones is 2. The fourth-order valence-electron chi connectivity index (χ4n) is 4.12. The Morgan fingerprint density at radius 3 is 2.52 bits per heavy atom. The molecule has 2 N–H and O–H groups in total. The molecule has 0 spiro atoms. The largest absolute Gasteiger partial charge is 0.396 e. The normalized spacial score (nSPS) is 14.5. The van der Waals surface area contributed by atoms with E-state index in [0.29, 0.717) is 24.1 Å². The molecule has 0 atom stereocenters. The summed E-state index contributed by atoms with van der Waals surface area (Å²) < 4.78 is 15.1. The van der Waals surface area contributed by atoms with Gasteiger partial charge in [0.1, 0.15) is 5.82 Å². The summed E-state index contributed by atoms with van der Waals surface area (Å²) in [6.45, 7) is 10.1. The highest BCUT2D eigenvalue weighted by molar-refractivity contribution is 6.44. The zero-order valence-electron chi connectivity index (χ0n) is 17.7. The SMILES string of the molecule is [C-]#[N+]c1cc(NC(=O)c2c(C)c(C(=O)C(=O)CC3(CO)CCC3)n(C)c2C)ccc1F. The van der Waals surface area contributed by atoms with Crippen LogP contribution in [0.5, 0.6) is 0 Å². The lowest BCUT2D eigenvalue weighted by molar-refractivity contribution is -0.120. The van der Waals surface area contributed by atoms with Crippen LogP contribution in [-0.4, -0.2) is 33.8 Å². The summed E-state index contributed by atoms with van der Waals surface area (Å²) >= 11 is 0. The van der Waals surface area contributed by atoms with Gasteiger partial charge in [-0.1, -0.05) is 6.42 Å². The van der Waals surface area contributed by atoms with Crippen LogP contribution in [-0.2, 0) is 11.8 Å². The van der Waals surface area contributed by atoms with Gasteiger partial charge in [0, 0.05) is 36.9 Å². The number of halogens is 1. The van der Waals surface area contributed by atoms with Gasteiger partial charge in [-0.25, -0.2) is 9.24 Å². The Hall–Kier alpha value is -3.31. The first-order valence-electron chi connectivity index (χ1n) is 9.97. The first-order valence-corrected chi connectivity index (χ1v) is 9.97. The van der Waals surface area contributed by atoms with E-state index in [1.54, 1.807) is 20.9 Å². The molecule has 0 unspecified atom stereocenters. The fourth-order valence-corrected chi connectivity index (χ4v) is 4.12. The van der Waals surface area contributed by atoms with E-state index < -0.39 is 28.7 Å². The molecule has 162 valence electrons. The predicted octanol–water partition coefficient (Wildman–Crippen LogP) is 3.89. The first-order chi connectivity index (χ1) is 14.6. The molecular formula is C23H24FN3O4. The zero-order chi connectivity index (χ0) is 22.9. The van der Waals surface area contributed by atoms with E-state index >= 15 is 0 Å². The molecule has 0 aliphatic heterocycles. The molecule has 0 saturated heterocycles. The van der Waals surface area contributed by atoms with Crippen LogP contribution in [0.4, 0.5) is 15.8 Å². The minimum atomic E-state index is -0.682. The number of aliphatic hydroxyl groups is 1. The van der Waals surface area contributed by atoms with Gasteiger partial charge in [-0.05, 0) is 50.5 Å². The van der Waals surface area contributed by atoms with Crippen molar-refractivity contribution in [2.24, 2.45) is 12.5 Å². The number of hydrogen-bond donors (Lipinski definition) is 2. The van der Waals surface area contributed by atoms with E-state index in [1.807, 2.05) is 0 Å². The molecule has 1 aliphatic rings. The molecule has 1 amide bonds. The van der Waals surface area contributed by atoms with Crippen molar-refractivity contribution in [2.75, 3.05) is 11.9 Å². The standard InChI is InChI=1S/C23H24FN3O4/c1-13-19(22(31)26-15-6-7-16(24)17(10-15)25-3)14(2)27(4)20(13)21(30)18(29)11-23(12-28)8-5-9-23/h6-7,10,28H,5,8-9,11-12H2,1-2,4H3,(H,26,31). The molecule has 0 radical (unpaired) electrons. The second-order valence-corrected chi connectivity index (χ2v) is 8.17. The molecule has 31 heavy (non-hydrogen) atoms. The van der Waals surface area contributed by atoms with Crippen LogP contribution in [0.2, 0.25) is 0 Å². The van der Waals surface area contributed by atoms with Crippen LogP contribution in [0, 0.1) is 31.7 Å². The number of amides is 1. The summed E-state index contributed by atoms with van der Waals surface area (Å²) in [5.41, 5.74) is 0.779. The molecule has 1 aromatic carbocycles. The van der Waals surface area contributed by atoms with Gasteiger partial charge in [-0.15, -0.1) is 0 Å². The molecule has 1 heterocycles. The predicted molar refractivity (Wildman–Crippen MR) is 113 cm³/mol. The Labute approximate surface area is 179 Å². The van der Waals surface area contributed by atoms with E-state index in [1.165, 1.54) is 16.7 Å². The second kappa shape index (κ2) is 8.44. The lowest BCUT2D eigenvalue weighted by Gasteiger charge is -2.39. The third kappa shape index (κ3) is 4.01. The fraction of sp³-hybridized carbons (Fsp3) is 0.391. The Bertz CT molecular complexity index is 1120. The van der Waals surface area contributed by atoms with Gasteiger partial charge in [0.2, 0.25) is 17.3 Å². The summed E-state index contributed by atoms with van der Waals surface area (Å²) in [6, 6.07) is 3.67. The lowest BCUT2D eigenvalue weighted by Crippen LogP contribution is -2.37. The topological polar surface area (TPSA) is 92.8 Å². The summed E-state index contributed by atoms with van der Waals surface area (Å²) in [4.78, 5) is 41.6. The van der Waals surface area contributed by atoms with Gasteiger partial charge >= 0.3 is 0 Å². The lowest BCUT2D eigenvalue weighted by atomic mass is 9.66. The van der Waals surface area contributed by atoms with E-state index in [2.05, 4.69) is 10.2 Å². The number of carbonyl (C=O) groups excluding carboxylic acids is 3. The van der Waals surface area contributed by atoms with Crippen molar-refractivity contribution >= 4 is 28.8 Å². The van der Waals surface area contributed by atoms with Gasteiger partial charge in [0.25, 0.3) is 5.91 Å². The number of rotatable bonds is 7. The van der Waals surface area contributed by atoms with Gasteiger partial charge in [0.15, 0.2) is 0 Å². The maximum Gasteiger partial charge on any atom is 0.257 e. The quantitative estimate of drug-likeness (QED) is 0.400. The van der Waals surface area contributed by atoms with Crippen LogP contribution in [0.15, 0.2) is 18.2 Å². The summed E-state index contributed by atoms with van der Waals surface area (Å²) in [5.74, 6) is -2.47. The highest BCUT2D eigenvalue weighted by atomic mass is 19.1. The van der Waals surface area contributed by atoms with Gasteiger partial charge in [0.05, 0.1) is 17.8 Å². The molecule has 1 saturated carbocycles. The highest BCUT2D eigenvalue weighted by Gasteiger charge is 2.40. The number of aromatic nitrogens is 1. The van der Waals surface area contributed by atoms with Crippen LogP contribution >= 0.6 is 0 Å². The number of nitrogens with zero attached hydrogens (tertiary/aromatic N) is 2. The maximum absolute atomic E-state index is 13.5. The number of carbonyl (C=O) groups is 3. The number of hydrogen-bond acceptors (Lipinski definition) is 4. The highest BCUT2D eigenvalue weighted by Crippen LogP contribution is 2.43. The van der Waals surface area contributed by atoms with Crippen molar-refractivity contribution in [3.63, 3.8) is 0 Å². The summed E-state index contributed by atoms with van der Waals surface area (Å²) in [7, 11) is 1.61. The first kappa shape index (κ1) is 22.4. The van der Waals surface area contributed by atoms with Crippen LogP contribution in [0.25, 0.3) is 4.85 Å². The van der Waals surface area contributed by atoms with Crippen molar-refractivity contribution in [2.45, 2.75) is 39.5 Å². The van der Waals surface area contributed by atoms with Crippen molar-refractivity contribution < 1.29 is 23.9 Å². The molecule has 8 heteroatoms. The van der Waals surface area contributed by atoms with Crippen LogP contribution in [0.1, 0.15) is 57.8 Å². The van der Waals surface area contributed by atoms with Crippen molar-refractivity contribution in [3.8, 4) is 0 Å². The second-order valence-electron chi connectivity index (χ2n) is 8.17. The molecule has 7 nitrogen and oxygen atoms in total. The average molecular weight is 425 g/mol. The number of Topliss-reactive ketones (excluding diaryl/α,β-unsaturated/α-hetero) is 2. The third-order valence-corrected chi connectivity index (χ3v) is 6.24. The number of aliphatic hydroxyl groups excluding tert-OH is 1. The number of nitrogens with one attached hydrogen (secondary N) is 1. The summed E-state index contributed by atoms with van der Waals surface area (Å²) in [5, 5.41) is 12.2. The molecule has 1 aliphatic carbocycles. The van der Waals surface area contributed by atoms with Gasteiger partial charge in [-0.2, -0.15) is 0 Å². The zero-order valence-corrected chi connectivity index (χ0v) is 17.7. The smallest absolute Gasteiger partial charge is 0.257 e. The van der Waals surface area contributed by atoms with Crippen LogP contribution in [0.3, 0.4) is 0 Å². The minimum Gasteiger partial charge on any atom is -0.396 e. The van der Waals surface area contributed by atoms with Gasteiger partial charge in [-0.3, -0.25) is 14.4 Å². The molecule has 1 fully saturated rings. The van der Waals surface area contributed by atoms with E-state index in [0.717, 1.165) is 12.5 Å². The minimum absolute atomic E-state index is 0.0114. The average Bonchev–Trinajstić information content (AvgIpc) is 2.93. The Balaban J connectivity index is 1.87. The number of benzene rings is 1. The van der Waals surface area contributed by atoms with E-state index in [9.17, 15) is 23.9 Å². The van der Waals surface area contributed by atoms with Crippen molar-refractivity contribution in [3.05, 3.63) is 57.9 Å². The molecular weight excluding hydrogens is 401 g/mol. The molecule has 2 aromatic rings. The maximum atomic E-state index is 13.5. The third-order valence-electron chi connectivity index (χ3n) is 6.24. The van der Waals surface area contributed by atoms with Crippen molar-refractivity contribution in [1.29, 1.82) is 0 Å². The summed E-state index contributed by atoms with van der Waals surface area (Å²) in [6.07, 6.45) is 2.34. The Kier molecular flexibility index (Phi) is 6.09. The van der Waals surface area contributed by atoms with E-state index in [-0.39, 0.29) is 35.7 Å². The van der Waals surface area contributed by atoms with Crippen molar-refractivity contribution in [1.82, 2.24) is 4.57 Å². The molecule has 0 bridgehead atoms. The Morgan fingerprint density at radius 2 is 1.97 bits per heavy atom. The monoisotopic (exact) mass is 425 g/mol. The van der Waals surface area contributed by atoms with Crippen LogP contribution < -0.4 is 5.32 Å². The Morgan fingerprint density at radius 1 is 1.29 bits per heavy atom. The molecule has 3 rings (SSSR count). The number of anilines is 1. The molecule has 1 aromatic heterocycles. The van der Waals surface area contributed by atoms with Gasteiger partial charge < -0.3 is 15.0 Å².